The van der Waals surface area contributed by atoms with Gasteiger partial charge in [0.05, 0.1) is 24.4 Å². The van der Waals surface area contributed by atoms with Crippen molar-refractivity contribution in [3.05, 3.63) is 29.3 Å². The number of benzene rings is 1. The summed E-state index contributed by atoms with van der Waals surface area (Å²) in [5, 5.41) is 0. The van der Waals surface area contributed by atoms with Gasteiger partial charge in [-0.3, -0.25) is 9.59 Å². The van der Waals surface area contributed by atoms with Crippen LogP contribution in [-0.2, 0) is 20.7 Å². The molecule has 1 aromatic carbocycles. The number of hydrogen-bond acceptors (Lipinski definition) is 5. The maximum atomic E-state index is 11.6. The van der Waals surface area contributed by atoms with Crippen molar-refractivity contribution in [3.63, 3.8) is 0 Å². The number of ketones is 1. The van der Waals surface area contributed by atoms with Crippen LogP contribution in [0.1, 0.15) is 41.6 Å². The molecular weight excluding hydrogens is 284 g/mol. The fourth-order valence-corrected chi connectivity index (χ4v) is 3.36. The summed E-state index contributed by atoms with van der Waals surface area (Å²) < 4.78 is 16.6. The van der Waals surface area contributed by atoms with E-state index in [1.54, 1.807) is 7.11 Å². The van der Waals surface area contributed by atoms with E-state index in [0.29, 0.717) is 30.6 Å². The number of carbonyl (C=O) groups excluding carboxylic acids is 2. The van der Waals surface area contributed by atoms with Crippen LogP contribution in [0.2, 0.25) is 0 Å². The molecule has 1 aromatic rings. The van der Waals surface area contributed by atoms with Crippen molar-refractivity contribution in [2.75, 3.05) is 13.9 Å². The van der Waals surface area contributed by atoms with E-state index in [4.69, 9.17) is 14.2 Å². The van der Waals surface area contributed by atoms with Gasteiger partial charge in [0.15, 0.2) is 6.29 Å². The Labute approximate surface area is 129 Å². The summed E-state index contributed by atoms with van der Waals surface area (Å²) >= 11 is 0. The van der Waals surface area contributed by atoms with Crippen LogP contribution in [0.3, 0.4) is 0 Å². The van der Waals surface area contributed by atoms with Crippen LogP contribution < -0.4 is 4.74 Å². The lowest BCUT2D eigenvalue weighted by Crippen LogP contribution is -2.45. The Morgan fingerprint density at radius 2 is 2.32 bits per heavy atom. The van der Waals surface area contributed by atoms with Crippen molar-refractivity contribution in [1.29, 1.82) is 0 Å². The van der Waals surface area contributed by atoms with Crippen LogP contribution >= 0.6 is 0 Å². The summed E-state index contributed by atoms with van der Waals surface area (Å²) in [4.78, 5) is 22.7. The molecule has 22 heavy (non-hydrogen) atoms. The van der Waals surface area contributed by atoms with E-state index in [9.17, 15) is 9.59 Å². The molecule has 0 unspecified atom stereocenters. The third kappa shape index (κ3) is 2.78. The predicted octanol–water partition coefficient (Wildman–Crippen LogP) is 2.31. The summed E-state index contributed by atoms with van der Waals surface area (Å²) in [7, 11) is 1.55. The van der Waals surface area contributed by atoms with Gasteiger partial charge in [-0.2, -0.15) is 0 Å². The molecule has 118 valence electrons. The molecule has 1 saturated heterocycles. The first-order valence-corrected chi connectivity index (χ1v) is 7.56. The van der Waals surface area contributed by atoms with Crippen molar-refractivity contribution < 1.29 is 23.8 Å². The molecule has 0 aromatic heterocycles. The molecule has 0 radical (unpaired) electrons. The second kappa shape index (κ2) is 6.18. The number of carbonyl (C=O) groups is 2. The number of ether oxygens (including phenoxy) is 3. The van der Waals surface area contributed by atoms with E-state index < -0.39 is 0 Å². The Bertz CT molecular complexity index is 582. The molecule has 1 saturated carbocycles. The monoisotopic (exact) mass is 304 g/mol. The van der Waals surface area contributed by atoms with Gasteiger partial charge in [0.2, 0.25) is 0 Å². The average Bonchev–Trinajstić information content (AvgIpc) is 2.96. The van der Waals surface area contributed by atoms with Crippen molar-refractivity contribution in [2.24, 2.45) is 0 Å². The molecule has 5 heteroatoms. The van der Waals surface area contributed by atoms with Crippen LogP contribution in [0.4, 0.5) is 0 Å². The van der Waals surface area contributed by atoms with E-state index in [2.05, 4.69) is 0 Å². The van der Waals surface area contributed by atoms with Crippen LogP contribution in [-0.4, -0.2) is 37.7 Å². The Balaban J connectivity index is 1.71. The van der Waals surface area contributed by atoms with Gasteiger partial charge in [-0.1, -0.05) is 6.07 Å². The molecule has 2 atom stereocenters. The summed E-state index contributed by atoms with van der Waals surface area (Å²) in [6.07, 6.45) is 3.96. The van der Waals surface area contributed by atoms with Crippen molar-refractivity contribution >= 4 is 12.1 Å². The molecule has 0 spiro atoms. The standard InChI is InChI=1S/C17H20O5/c1-20-15-3-2-12(8-13(15)10-18)4-6-17-7-5-14(19)9-16(17)21-11-22-17/h2-3,8,10,16H,4-7,9,11H2,1H3/t16-,17+/m1/s1. The highest BCUT2D eigenvalue weighted by Gasteiger charge is 2.48. The van der Waals surface area contributed by atoms with E-state index in [-0.39, 0.29) is 24.3 Å². The predicted molar refractivity (Wildman–Crippen MR) is 79.1 cm³/mol. The SMILES string of the molecule is COc1ccc(CC[C@]23CCC(=O)C[C@H]2OCO3)cc1C=O. The normalized spacial score (nSPS) is 27.5. The molecule has 1 aliphatic carbocycles. The van der Waals surface area contributed by atoms with Gasteiger partial charge in [0, 0.05) is 12.8 Å². The first kappa shape index (κ1) is 15.2. The molecule has 1 heterocycles. The number of aldehydes is 1. The van der Waals surface area contributed by atoms with Gasteiger partial charge >= 0.3 is 0 Å². The molecule has 2 fully saturated rings. The second-order valence-electron chi connectivity index (χ2n) is 5.92. The number of rotatable bonds is 5. The second-order valence-corrected chi connectivity index (χ2v) is 5.92. The Kier molecular flexibility index (Phi) is 4.27. The summed E-state index contributed by atoms with van der Waals surface area (Å²) in [6, 6.07) is 5.62. The quantitative estimate of drug-likeness (QED) is 0.781. The molecule has 2 aliphatic rings. The lowest BCUT2D eigenvalue weighted by Gasteiger charge is -2.35. The smallest absolute Gasteiger partial charge is 0.153 e. The third-order valence-corrected chi connectivity index (χ3v) is 4.70. The molecular formula is C17H20O5. The molecule has 0 bridgehead atoms. The minimum Gasteiger partial charge on any atom is -0.496 e. The first-order valence-electron chi connectivity index (χ1n) is 7.56. The lowest BCUT2D eigenvalue weighted by atomic mass is 9.78. The number of methoxy groups -OCH3 is 1. The number of Topliss-reactive ketones (excluding diaryl/α,β-unsaturated/α-hetero) is 1. The van der Waals surface area contributed by atoms with E-state index >= 15 is 0 Å². The average molecular weight is 304 g/mol. The van der Waals surface area contributed by atoms with E-state index in [1.165, 1.54) is 0 Å². The Morgan fingerprint density at radius 1 is 1.45 bits per heavy atom. The fourth-order valence-electron chi connectivity index (χ4n) is 3.36. The number of hydrogen-bond donors (Lipinski definition) is 0. The minimum atomic E-state index is -0.352. The number of fused-ring (bicyclic) bond motifs is 1. The zero-order valence-electron chi connectivity index (χ0n) is 12.7. The van der Waals surface area contributed by atoms with Crippen LogP contribution in [0.25, 0.3) is 0 Å². The molecule has 5 nitrogen and oxygen atoms in total. The fraction of sp³-hybridized carbons (Fsp3) is 0.529. The lowest BCUT2D eigenvalue weighted by molar-refractivity contribution is -0.127. The van der Waals surface area contributed by atoms with Crippen molar-refractivity contribution in [1.82, 2.24) is 0 Å². The molecule has 3 rings (SSSR count). The van der Waals surface area contributed by atoms with Crippen LogP contribution in [0.15, 0.2) is 18.2 Å². The van der Waals surface area contributed by atoms with Crippen molar-refractivity contribution in [3.8, 4) is 5.75 Å². The molecule has 1 aliphatic heterocycles. The minimum absolute atomic E-state index is 0.127. The highest BCUT2D eigenvalue weighted by Crippen LogP contribution is 2.40. The first-order chi connectivity index (χ1) is 10.7. The maximum Gasteiger partial charge on any atom is 0.153 e. The van der Waals surface area contributed by atoms with Gasteiger partial charge in [-0.15, -0.1) is 0 Å². The zero-order valence-corrected chi connectivity index (χ0v) is 12.7. The highest BCUT2D eigenvalue weighted by molar-refractivity contribution is 5.80. The van der Waals surface area contributed by atoms with Gasteiger partial charge in [0.1, 0.15) is 18.3 Å². The van der Waals surface area contributed by atoms with Gasteiger partial charge in [-0.25, -0.2) is 0 Å². The zero-order chi connectivity index (χ0) is 15.6. The van der Waals surface area contributed by atoms with E-state index in [0.717, 1.165) is 24.7 Å². The Hall–Kier alpha value is -1.72. The van der Waals surface area contributed by atoms with Crippen LogP contribution in [0.5, 0.6) is 5.75 Å². The van der Waals surface area contributed by atoms with Crippen molar-refractivity contribution in [2.45, 2.75) is 43.8 Å². The summed E-state index contributed by atoms with van der Waals surface area (Å²) in [5.74, 6) is 0.831. The van der Waals surface area contributed by atoms with Crippen LogP contribution in [0, 0.1) is 0 Å². The van der Waals surface area contributed by atoms with Gasteiger partial charge in [-0.05, 0) is 37.0 Å². The maximum absolute atomic E-state index is 11.6. The van der Waals surface area contributed by atoms with Gasteiger partial charge < -0.3 is 14.2 Å². The number of aryl methyl sites for hydroxylation is 1. The summed E-state index contributed by atoms with van der Waals surface area (Å²) in [6.45, 7) is 0.264. The Morgan fingerprint density at radius 3 is 3.09 bits per heavy atom. The third-order valence-electron chi connectivity index (χ3n) is 4.70. The largest absolute Gasteiger partial charge is 0.496 e. The van der Waals surface area contributed by atoms with E-state index in [1.807, 2.05) is 18.2 Å². The van der Waals surface area contributed by atoms with Gasteiger partial charge in [0.25, 0.3) is 0 Å². The summed E-state index contributed by atoms with van der Waals surface area (Å²) in [5.41, 5.74) is 1.26. The highest BCUT2D eigenvalue weighted by atomic mass is 16.7. The topological polar surface area (TPSA) is 61.8 Å². The molecule has 0 amide bonds. The molecule has 0 N–H and O–H groups in total.